The maximum absolute atomic E-state index is 14.9. The van der Waals surface area contributed by atoms with Crippen LogP contribution in [-0.4, -0.2) is 87.6 Å². The van der Waals surface area contributed by atoms with E-state index in [0.29, 0.717) is 19.3 Å². The molecule has 1 amide bonds. The van der Waals surface area contributed by atoms with E-state index < -0.39 is 77.8 Å². The normalized spacial score (nSPS) is 26.9. The van der Waals surface area contributed by atoms with Gasteiger partial charge in [0.25, 0.3) is 0 Å². The molecular weight excluding hydrogens is 728 g/mol. The Bertz CT molecular complexity index is 1730. The quantitative estimate of drug-likeness (QED) is 0.103. The molecule has 3 aliphatic heterocycles. The number of aliphatic hydroxyl groups excluding tert-OH is 1. The number of aliphatic hydroxyl groups is 1. The lowest BCUT2D eigenvalue weighted by Crippen LogP contribution is -2.70. The van der Waals surface area contributed by atoms with Gasteiger partial charge in [-0.1, -0.05) is 94.1 Å². The first-order valence-electron chi connectivity index (χ1n) is 21.0. The molecule has 12 nitrogen and oxygen atoms in total. The van der Waals surface area contributed by atoms with Crippen molar-refractivity contribution in [2.24, 2.45) is 5.41 Å². The molecule has 0 aromatic heterocycles. The summed E-state index contributed by atoms with van der Waals surface area (Å²) in [6, 6.07) is 13.1. The highest BCUT2D eigenvalue weighted by molar-refractivity contribution is 5.94. The number of phenols is 1. The van der Waals surface area contributed by atoms with E-state index in [2.05, 4.69) is 19.2 Å². The third-order valence-corrected chi connectivity index (χ3v) is 11.7. The summed E-state index contributed by atoms with van der Waals surface area (Å²) in [5.41, 5.74) is 0.428. The Kier molecular flexibility index (Phi) is 13.8. The molecule has 2 aromatic rings. The van der Waals surface area contributed by atoms with Crippen molar-refractivity contribution in [3.8, 4) is 5.75 Å². The molecule has 1 saturated carbocycles. The van der Waals surface area contributed by atoms with Gasteiger partial charge in [0.05, 0.1) is 19.2 Å². The zero-order valence-electron chi connectivity index (χ0n) is 34.2. The number of nitrogens with zero attached hydrogens (tertiary/aromatic N) is 1. The van der Waals surface area contributed by atoms with Crippen LogP contribution in [0.2, 0.25) is 0 Å². The summed E-state index contributed by atoms with van der Waals surface area (Å²) in [5.74, 6) is -2.15. The number of carbonyl (C=O) groups is 3. The first kappa shape index (κ1) is 42.8. The molecule has 57 heavy (non-hydrogen) atoms. The molecule has 3 saturated heterocycles. The molecule has 1 aliphatic carbocycles. The highest BCUT2D eigenvalue weighted by atomic mass is 16.8. The van der Waals surface area contributed by atoms with Gasteiger partial charge in [0.15, 0.2) is 11.8 Å². The van der Waals surface area contributed by atoms with Crippen LogP contribution in [0, 0.1) is 5.41 Å². The monoisotopic (exact) mass is 790 g/mol. The summed E-state index contributed by atoms with van der Waals surface area (Å²) < 4.78 is 25.6. The number of para-hydroxylation sites is 1. The topological polar surface area (TPSA) is 153 Å². The Morgan fingerprint density at radius 2 is 1.65 bits per heavy atom. The number of ether oxygens (including phenoxy) is 4. The molecule has 4 aliphatic rings. The minimum absolute atomic E-state index is 0.0101. The Hall–Kier alpha value is -3.81. The standard InChI is InChI=1S/C45H62N2O10/c1-6-8-14-25-44(26-15-9-7-2)55-37-35-27-45(42(52)46-33(29-48)23-24-36(50)54-43(3,4)5)39(41(51)53-35)47(57-40(45)38(37)56-44)28-32-19-11-10-17-30(32)20-16-21-31-18-12-13-22-34(31)49/h10-13,16-20,22,33,35,37-40,48-49H,6-9,14-15,21,23-29H2,1-5H3,(H,46,52)/t33-,35?,37-,38-,39-,40+,45?/m0/s1. The van der Waals surface area contributed by atoms with Crippen LogP contribution in [0.3, 0.4) is 0 Å². The number of amides is 1. The summed E-state index contributed by atoms with van der Waals surface area (Å²) in [5, 5.41) is 25.3. The molecule has 2 bridgehead atoms. The summed E-state index contributed by atoms with van der Waals surface area (Å²) in [6.45, 7) is 9.41. The molecule has 12 heteroatoms. The smallest absolute Gasteiger partial charge is 0.327 e. The van der Waals surface area contributed by atoms with Crippen LogP contribution < -0.4 is 5.32 Å². The summed E-state index contributed by atoms with van der Waals surface area (Å²) >= 11 is 0. The van der Waals surface area contributed by atoms with Gasteiger partial charge in [-0.05, 0) is 69.2 Å². The maximum atomic E-state index is 14.9. The van der Waals surface area contributed by atoms with E-state index in [1.807, 2.05) is 48.6 Å². The number of unbranched alkanes of at least 4 members (excludes halogenated alkanes) is 4. The molecule has 312 valence electrons. The highest BCUT2D eigenvalue weighted by Gasteiger charge is 2.76. The largest absolute Gasteiger partial charge is 0.508 e. The molecule has 0 radical (unpaired) electrons. The molecule has 6 rings (SSSR count). The minimum Gasteiger partial charge on any atom is -0.508 e. The van der Waals surface area contributed by atoms with Crippen LogP contribution in [0.25, 0.3) is 6.08 Å². The molecule has 2 unspecified atom stereocenters. The number of phenolic OH excluding ortho intramolecular Hbond substituents is 1. The van der Waals surface area contributed by atoms with Crippen LogP contribution in [0.1, 0.15) is 122 Å². The van der Waals surface area contributed by atoms with E-state index in [4.69, 9.17) is 23.8 Å². The highest BCUT2D eigenvalue weighted by Crippen LogP contribution is 2.58. The second-order valence-electron chi connectivity index (χ2n) is 17.1. The summed E-state index contributed by atoms with van der Waals surface area (Å²) in [6.07, 6.45) is 9.04. The predicted molar refractivity (Wildman–Crippen MR) is 213 cm³/mol. The Morgan fingerprint density at radius 3 is 2.32 bits per heavy atom. The molecule has 7 atom stereocenters. The SMILES string of the molecule is CCCCCC1(CCCCC)O[C@@H]2[C@H]3ON(Cc4ccccc4C=CCc4ccccc4O)[C@H]4C(=O)OC(CC34C(=O)N[C@H](CO)CCC(=O)OC(C)(C)C)[C@@H]2O1. The van der Waals surface area contributed by atoms with Crippen LogP contribution in [-0.2, 0) is 51.1 Å². The molecule has 3 N–H and O–H groups in total. The number of allylic oxidation sites excluding steroid dienone is 1. The number of hydroxylamine groups is 2. The fourth-order valence-corrected chi connectivity index (χ4v) is 8.92. The average Bonchev–Trinajstić information content (AvgIpc) is 3.72. The van der Waals surface area contributed by atoms with E-state index in [0.717, 1.165) is 55.2 Å². The number of esters is 2. The van der Waals surface area contributed by atoms with E-state index in [1.165, 1.54) is 0 Å². The van der Waals surface area contributed by atoms with E-state index in [9.17, 15) is 24.6 Å². The van der Waals surface area contributed by atoms with Crippen LogP contribution in [0.5, 0.6) is 5.75 Å². The van der Waals surface area contributed by atoms with Crippen molar-refractivity contribution < 1.29 is 48.4 Å². The molecule has 3 heterocycles. The van der Waals surface area contributed by atoms with Crippen LogP contribution in [0.4, 0.5) is 0 Å². The van der Waals surface area contributed by atoms with Gasteiger partial charge in [0, 0.05) is 25.7 Å². The number of benzene rings is 2. The zero-order valence-corrected chi connectivity index (χ0v) is 34.2. The number of rotatable bonds is 19. The second kappa shape index (κ2) is 18.4. The van der Waals surface area contributed by atoms with Crippen LogP contribution in [0.15, 0.2) is 54.6 Å². The third-order valence-electron chi connectivity index (χ3n) is 11.7. The van der Waals surface area contributed by atoms with Gasteiger partial charge in [0.1, 0.15) is 41.2 Å². The van der Waals surface area contributed by atoms with E-state index in [1.54, 1.807) is 38.0 Å². The van der Waals surface area contributed by atoms with Crippen molar-refractivity contribution in [3.05, 3.63) is 71.3 Å². The molecule has 2 aromatic carbocycles. The van der Waals surface area contributed by atoms with Crippen LogP contribution >= 0.6 is 0 Å². The van der Waals surface area contributed by atoms with Gasteiger partial charge in [-0.2, -0.15) is 5.06 Å². The number of hydrogen-bond acceptors (Lipinski definition) is 11. The molecule has 4 fully saturated rings. The van der Waals surface area contributed by atoms with Crippen molar-refractivity contribution in [3.63, 3.8) is 0 Å². The van der Waals surface area contributed by atoms with Gasteiger partial charge < -0.3 is 34.5 Å². The minimum atomic E-state index is -1.44. The lowest BCUT2D eigenvalue weighted by Gasteiger charge is -2.49. The number of hydrogen-bond donors (Lipinski definition) is 3. The first-order valence-corrected chi connectivity index (χ1v) is 21.0. The van der Waals surface area contributed by atoms with Crippen molar-refractivity contribution in [2.45, 2.75) is 166 Å². The zero-order chi connectivity index (χ0) is 40.8. The van der Waals surface area contributed by atoms with E-state index >= 15 is 0 Å². The van der Waals surface area contributed by atoms with Crippen molar-refractivity contribution >= 4 is 23.9 Å². The van der Waals surface area contributed by atoms with Crippen molar-refractivity contribution in [1.29, 1.82) is 0 Å². The van der Waals surface area contributed by atoms with Gasteiger partial charge in [-0.25, -0.2) is 0 Å². The number of nitrogens with one attached hydrogen (secondary N) is 1. The first-order chi connectivity index (χ1) is 27.3. The molecule has 0 spiro atoms. The van der Waals surface area contributed by atoms with Crippen molar-refractivity contribution in [1.82, 2.24) is 10.4 Å². The van der Waals surface area contributed by atoms with Crippen molar-refractivity contribution in [2.75, 3.05) is 6.61 Å². The summed E-state index contributed by atoms with van der Waals surface area (Å²) in [7, 11) is 0. The third kappa shape index (κ3) is 9.57. The Balaban J connectivity index is 1.32. The number of aromatic hydroxyl groups is 1. The fraction of sp³-hybridized carbons (Fsp3) is 0.622. The maximum Gasteiger partial charge on any atom is 0.327 e. The Morgan fingerprint density at radius 1 is 0.982 bits per heavy atom. The van der Waals surface area contributed by atoms with E-state index in [-0.39, 0.29) is 31.6 Å². The number of fused-ring (bicyclic) bond motifs is 4. The Labute approximate surface area is 337 Å². The number of carbonyl (C=O) groups excluding carboxylic acids is 3. The van der Waals surface area contributed by atoms with Gasteiger partial charge in [-0.15, -0.1) is 0 Å². The average molecular weight is 791 g/mol. The predicted octanol–water partition coefficient (Wildman–Crippen LogP) is 6.69. The summed E-state index contributed by atoms with van der Waals surface area (Å²) in [4.78, 5) is 48.7. The lowest BCUT2D eigenvalue weighted by atomic mass is 9.62. The fourth-order valence-electron chi connectivity index (χ4n) is 8.92. The van der Waals surface area contributed by atoms with Gasteiger partial charge in [0.2, 0.25) is 5.91 Å². The van der Waals surface area contributed by atoms with Gasteiger partial charge in [-0.3, -0.25) is 19.2 Å². The molecular formula is C45H62N2O10. The second-order valence-corrected chi connectivity index (χ2v) is 17.1. The lowest BCUT2D eigenvalue weighted by molar-refractivity contribution is -0.224. The van der Waals surface area contributed by atoms with Gasteiger partial charge >= 0.3 is 11.9 Å².